The average Bonchev–Trinajstić information content (AvgIpc) is 3.45. The summed E-state index contributed by atoms with van der Waals surface area (Å²) in [6.45, 7) is 0.635. The normalized spacial score (nSPS) is 18.2. The Morgan fingerprint density at radius 2 is 1.60 bits per heavy atom. The summed E-state index contributed by atoms with van der Waals surface area (Å²) in [5.41, 5.74) is -2.99. The van der Waals surface area contributed by atoms with Gasteiger partial charge in [0.1, 0.15) is 4.32 Å². The molecule has 2 amide bonds. The van der Waals surface area contributed by atoms with Gasteiger partial charge in [0.2, 0.25) is 5.91 Å². The van der Waals surface area contributed by atoms with Gasteiger partial charge in [-0.2, -0.15) is 26.3 Å². The molecule has 0 unspecified atom stereocenters. The minimum atomic E-state index is -4.97. The van der Waals surface area contributed by atoms with Crippen LogP contribution in [0.3, 0.4) is 0 Å². The fourth-order valence-corrected chi connectivity index (χ4v) is 6.49. The Labute approximate surface area is 237 Å². The van der Waals surface area contributed by atoms with Crippen molar-refractivity contribution in [1.82, 2.24) is 9.80 Å². The van der Waals surface area contributed by atoms with E-state index >= 15 is 0 Å². The zero-order valence-corrected chi connectivity index (χ0v) is 22.8. The second-order valence-corrected chi connectivity index (χ2v) is 11.7. The highest BCUT2D eigenvalue weighted by atomic mass is 32.2. The van der Waals surface area contributed by atoms with Crippen molar-refractivity contribution < 1.29 is 45.8 Å². The lowest BCUT2D eigenvalue weighted by Crippen LogP contribution is -2.41. The van der Waals surface area contributed by atoms with Gasteiger partial charge in [-0.15, -0.1) is 11.3 Å². The van der Waals surface area contributed by atoms with Gasteiger partial charge in [-0.05, 0) is 59.7 Å². The molecule has 40 heavy (non-hydrogen) atoms. The molecule has 1 N–H and O–H groups in total. The second kappa shape index (κ2) is 11.5. The van der Waals surface area contributed by atoms with Crippen molar-refractivity contribution in [2.45, 2.75) is 31.6 Å². The molecule has 1 aromatic heterocycles. The van der Waals surface area contributed by atoms with Crippen LogP contribution in [0.5, 0.6) is 0 Å². The molecule has 0 saturated carbocycles. The minimum absolute atomic E-state index is 0.0137. The lowest BCUT2D eigenvalue weighted by molar-refractivity contribution is -0.146. The van der Waals surface area contributed by atoms with E-state index in [4.69, 9.17) is 17.3 Å². The van der Waals surface area contributed by atoms with E-state index in [0.29, 0.717) is 42.9 Å². The SMILES string of the molecule is O=C(O)C1CCN(C(=O)CCN2C(=O)/C(=C/c3cc(-c4cc(C(F)(F)F)cc(C(F)(F)F)c4)cs3)SC2=S)CC1. The van der Waals surface area contributed by atoms with Gasteiger partial charge in [0.05, 0.1) is 21.9 Å². The number of alkyl halides is 6. The van der Waals surface area contributed by atoms with Crippen molar-refractivity contribution in [3.8, 4) is 11.1 Å². The van der Waals surface area contributed by atoms with Crippen LogP contribution in [-0.4, -0.2) is 56.6 Å². The zero-order valence-electron chi connectivity index (χ0n) is 20.3. The van der Waals surface area contributed by atoms with Crippen LogP contribution < -0.4 is 0 Å². The fraction of sp³-hybridized carbons (Fsp3) is 0.360. The van der Waals surface area contributed by atoms with E-state index in [1.165, 1.54) is 22.4 Å². The van der Waals surface area contributed by atoms with E-state index in [2.05, 4.69) is 0 Å². The van der Waals surface area contributed by atoms with Crippen LogP contribution in [0.4, 0.5) is 26.3 Å². The monoisotopic (exact) mass is 622 g/mol. The number of nitrogens with zero attached hydrogens (tertiary/aromatic N) is 2. The van der Waals surface area contributed by atoms with Crippen molar-refractivity contribution in [2.75, 3.05) is 19.6 Å². The summed E-state index contributed by atoms with van der Waals surface area (Å²) >= 11 is 7.28. The summed E-state index contributed by atoms with van der Waals surface area (Å²) in [6.07, 6.45) is -7.81. The molecule has 2 fully saturated rings. The number of carbonyl (C=O) groups excluding carboxylic acids is 2. The Morgan fingerprint density at radius 1 is 1.00 bits per heavy atom. The molecular formula is C25H20F6N2O4S3. The number of aliphatic carboxylic acids is 1. The van der Waals surface area contributed by atoms with Crippen LogP contribution in [0.1, 0.15) is 35.3 Å². The van der Waals surface area contributed by atoms with Crippen molar-refractivity contribution >= 4 is 63.5 Å². The Morgan fingerprint density at radius 3 is 2.15 bits per heavy atom. The number of thiocarbonyl (C=S) groups is 1. The van der Waals surface area contributed by atoms with Crippen LogP contribution in [0.25, 0.3) is 17.2 Å². The number of hydrogen-bond donors (Lipinski definition) is 1. The first kappa shape index (κ1) is 30.1. The summed E-state index contributed by atoms with van der Waals surface area (Å²) in [4.78, 5) is 40.0. The highest BCUT2D eigenvalue weighted by Crippen LogP contribution is 2.40. The van der Waals surface area contributed by atoms with Crippen LogP contribution in [0, 0.1) is 5.92 Å². The third-order valence-electron chi connectivity index (χ3n) is 6.43. The summed E-state index contributed by atoms with van der Waals surface area (Å²) < 4.78 is 79.6. The number of thiophene rings is 1. The molecular weight excluding hydrogens is 602 g/mol. The molecule has 0 aliphatic carbocycles. The van der Waals surface area contributed by atoms with Crippen molar-refractivity contribution in [1.29, 1.82) is 0 Å². The summed E-state index contributed by atoms with van der Waals surface area (Å²) in [7, 11) is 0. The van der Waals surface area contributed by atoms with Gasteiger partial charge in [0.25, 0.3) is 5.91 Å². The highest BCUT2D eigenvalue weighted by Gasteiger charge is 2.37. The summed E-state index contributed by atoms with van der Waals surface area (Å²) in [5, 5.41) is 10.5. The van der Waals surface area contributed by atoms with E-state index in [0.717, 1.165) is 23.1 Å². The number of hydrogen-bond acceptors (Lipinski definition) is 6. The predicted molar refractivity (Wildman–Crippen MR) is 141 cm³/mol. The summed E-state index contributed by atoms with van der Waals surface area (Å²) in [5.74, 6) is -2.08. The third-order valence-corrected chi connectivity index (χ3v) is 8.69. The minimum Gasteiger partial charge on any atom is -0.481 e. The maximum atomic E-state index is 13.2. The number of amides is 2. The lowest BCUT2D eigenvalue weighted by Gasteiger charge is -2.30. The molecule has 3 heterocycles. The molecule has 1 aromatic carbocycles. The Hall–Kier alpha value is -2.91. The van der Waals surface area contributed by atoms with Crippen LogP contribution in [-0.2, 0) is 26.7 Å². The third kappa shape index (κ3) is 6.86. The standard InChI is InChI=1S/C25H20F6N2O4S3/c26-24(27,28)16-7-14(8-17(10-16)25(29,30)31)15-9-18(39-12-15)11-19-21(35)33(23(38)40-19)6-3-20(34)32-4-1-13(2-5-32)22(36)37/h7-13H,1-6H2,(H,36,37)/b19-11-. The van der Waals surface area contributed by atoms with Gasteiger partial charge in [0.15, 0.2) is 0 Å². The van der Waals surface area contributed by atoms with Crippen LogP contribution in [0.15, 0.2) is 34.6 Å². The second-order valence-electron chi connectivity index (χ2n) is 9.11. The first-order valence-electron chi connectivity index (χ1n) is 11.8. The Balaban J connectivity index is 1.45. The molecule has 2 saturated heterocycles. The molecule has 0 atom stereocenters. The smallest absolute Gasteiger partial charge is 0.416 e. The zero-order chi connectivity index (χ0) is 29.4. The average molecular weight is 623 g/mol. The number of halogens is 6. The number of carboxylic acids is 1. The van der Waals surface area contributed by atoms with E-state index in [-0.39, 0.29) is 45.3 Å². The lowest BCUT2D eigenvalue weighted by atomic mass is 9.97. The number of thioether (sulfide) groups is 1. The van der Waals surface area contributed by atoms with Gasteiger partial charge < -0.3 is 10.0 Å². The van der Waals surface area contributed by atoms with Crippen LogP contribution in [0.2, 0.25) is 0 Å². The van der Waals surface area contributed by atoms with Crippen molar-refractivity contribution in [2.24, 2.45) is 5.92 Å². The first-order chi connectivity index (χ1) is 18.6. The van der Waals surface area contributed by atoms with E-state index in [1.807, 2.05) is 0 Å². The predicted octanol–water partition coefficient (Wildman–Crippen LogP) is 6.37. The number of carboxylic acid groups (broad SMARTS) is 1. The van der Waals surface area contributed by atoms with Crippen molar-refractivity contribution in [3.05, 3.63) is 50.6 Å². The van der Waals surface area contributed by atoms with Gasteiger partial charge in [0, 0.05) is 30.9 Å². The van der Waals surface area contributed by atoms with Gasteiger partial charge >= 0.3 is 18.3 Å². The quantitative estimate of drug-likeness (QED) is 0.229. The molecule has 2 aliphatic heterocycles. The van der Waals surface area contributed by atoms with Crippen LogP contribution >= 0.6 is 35.3 Å². The van der Waals surface area contributed by atoms with Gasteiger partial charge in [-0.25, -0.2) is 0 Å². The number of carbonyl (C=O) groups is 3. The fourth-order valence-electron chi connectivity index (χ4n) is 4.26. The highest BCUT2D eigenvalue weighted by molar-refractivity contribution is 8.26. The van der Waals surface area contributed by atoms with E-state index < -0.39 is 41.3 Å². The number of benzene rings is 1. The van der Waals surface area contributed by atoms with Crippen molar-refractivity contribution in [3.63, 3.8) is 0 Å². The Kier molecular flexibility index (Phi) is 8.66. The number of rotatable bonds is 6. The first-order valence-corrected chi connectivity index (χ1v) is 13.9. The molecule has 2 aliphatic rings. The molecule has 0 bridgehead atoms. The molecule has 0 spiro atoms. The van der Waals surface area contributed by atoms with Gasteiger partial charge in [-0.3, -0.25) is 19.3 Å². The topological polar surface area (TPSA) is 77.9 Å². The van der Waals surface area contributed by atoms with Gasteiger partial charge in [-0.1, -0.05) is 24.0 Å². The molecule has 15 heteroatoms. The number of likely N-dealkylation sites (tertiary alicyclic amines) is 1. The molecule has 4 rings (SSSR count). The van der Waals surface area contributed by atoms with E-state index in [9.17, 15) is 40.7 Å². The Bertz CT molecular complexity index is 1350. The molecule has 0 radical (unpaired) electrons. The molecule has 2 aromatic rings. The summed E-state index contributed by atoms with van der Waals surface area (Å²) in [6, 6.07) is 2.73. The maximum absolute atomic E-state index is 13.2. The maximum Gasteiger partial charge on any atom is 0.416 e. The van der Waals surface area contributed by atoms with E-state index in [1.54, 1.807) is 4.90 Å². The largest absolute Gasteiger partial charge is 0.481 e. The molecule has 6 nitrogen and oxygen atoms in total. The number of piperidine rings is 1. The molecule has 214 valence electrons.